The quantitative estimate of drug-likeness (QED) is 0.751. The van der Waals surface area contributed by atoms with Crippen LogP contribution in [0.4, 0.5) is 5.69 Å². The first-order valence-electron chi connectivity index (χ1n) is 7.10. The predicted octanol–water partition coefficient (Wildman–Crippen LogP) is 3.29. The molecule has 0 atom stereocenters. The van der Waals surface area contributed by atoms with Crippen molar-refractivity contribution in [3.05, 3.63) is 66.5 Å². The summed E-state index contributed by atoms with van der Waals surface area (Å²) >= 11 is 0. The van der Waals surface area contributed by atoms with Crippen LogP contribution in [0.2, 0.25) is 0 Å². The van der Waals surface area contributed by atoms with Gasteiger partial charge in [-0.2, -0.15) is 0 Å². The molecule has 1 aromatic heterocycles. The van der Waals surface area contributed by atoms with E-state index in [2.05, 4.69) is 15.3 Å². The van der Waals surface area contributed by atoms with Gasteiger partial charge in [-0.1, -0.05) is 24.3 Å². The highest BCUT2D eigenvalue weighted by Gasteiger charge is 2.04. The molecule has 0 fully saturated rings. The Morgan fingerprint density at radius 2 is 1.83 bits per heavy atom. The summed E-state index contributed by atoms with van der Waals surface area (Å²) in [4.78, 5) is 20.8. The number of amides is 1. The van der Waals surface area contributed by atoms with Crippen LogP contribution in [-0.2, 0) is 4.79 Å². The van der Waals surface area contributed by atoms with Gasteiger partial charge in [0.2, 0.25) is 5.91 Å². The smallest absolute Gasteiger partial charge is 0.248 e. The number of hydrogen-bond donors (Lipinski definition) is 1. The molecule has 0 bridgehead atoms. The van der Waals surface area contributed by atoms with Gasteiger partial charge in [0.05, 0.1) is 35.7 Å². The first-order valence-corrected chi connectivity index (χ1v) is 7.10. The number of methoxy groups -OCH3 is 1. The third-order valence-corrected chi connectivity index (χ3v) is 3.24. The lowest BCUT2D eigenvalue weighted by atomic mass is 10.2. The average molecular weight is 305 g/mol. The SMILES string of the molecule is COc1ccccc1NC(=O)C=Cc1cnc2ccccc2n1. The molecule has 1 amide bonds. The van der Waals surface area contributed by atoms with Crippen molar-refractivity contribution in [1.29, 1.82) is 0 Å². The van der Waals surface area contributed by atoms with Crippen molar-refractivity contribution < 1.29 is 9.53 Å². The van der Waals surface area contributed by atoms with Crippen LogP contribution in [0.3, 0.4) is 0 Å². The summed E-state index contributed by atoms with van der Waals surface area (Å²) in [5.41, 5.74) is 2.86. The molecule has 0 aliphatic heterocycles. The highest BCUT2D eigenvalue weighted by atomic mass is 16.5. The molecule has 0 radical (unpaired) electrons. The first kappa shape index (κ1) is 14.7. The summed E-state index contributed by atoms with van der Waals surface area (Å²) in [6.45, 7) is 0. The molecule has 23 heavy (non-hydrogen) atoms. The van der Waals surface area contributed by atoms with Crippen LogP contribution in [0.25, 0.3) is 17.1 Å². The van der Waals surface area contributed by atoms with E-state index in [1.54, 1.807) is 31.5 Å². The van der Waals surface area contributed by atoms with E-state index in [-0.39, 0.29) is 5.91 Å². The van der Waals surface area contributed by atoms with Crippen molar-refractivity contribution >= 4 is 28.7 Å². The number of fused-ring (bicyclic) bond motifs is 1. The number of carbonyl (C=O) groups is 1. The van der Waals surface area contributed by atoms with Gasteiger partial charge in [0.15, 0.2) is 0 Å². The van der Waals surface area contributed by atoms with Gasteiger partial charge < -0.3 is 10.1 Å². The van der Waals surface area contributed by atoms with E-state index in [0.29, 0.717) is 17.1 Å². The molecule has 0 unspecified atom stereocenters. The van der Waals surface area contributed by atoms with Gasteiger partial charge in [-0.25, -0.2) is 4.98 Å². The van der Waals surface area contributed by atoms with Gasteiger partial charge in [0, 0.05) is 6.08 Å². The van der Waals surface area contributed by atoms with E-state index < -0.39 is 0 Å². The Kier molecular flexibility index (Phi) is 4.29. The van der Waals surface area contributed by atoms with Crippen molar-refractivity contribution in [2.75, 3.05) is 12.4 Å². The molecule has 0 spiro atoms. The van der Waals surface area contributed by atoms with Crippen LogP contribution in [0.1, 0.15) is 5.69 Å². The number of anilines is 1. The van der Waals surface area contributed by atoms with Crippen LogP contribution in [0.5, 0.6) is 5.75 Å². The third kappa shape index (κ3) is 3.52. The Labute approximate surface area is 133 Å². The molecule has 2 aromatic carbocycles. The summed E-state index contributed by atoms with van der Waals surface area (Å²) in [5, 5.41) is 2.77. The molecular formula is C18H15N3O2. The summed E-state index contributed by atoms with van der Waals surface area (Å²) in [5.74, 6) is 0.351. The van der Waals surface area contributed by atoms with E-state index in [4.69, 9.17) is 4.74 Å². The highest BCUT2D eigenvalue weighted by molar-refractivity contribution is 6.02. The fraction of sp³-hybridized carbons (Fsp3) is 0.0556. The Hall–Kier alpha value is -3.21. The Bertz CT molecular complexity index is 875. The lowest BCUT2D eigenvalue weighted by molar-refractivity contribution is -0.111. The second-order valence-corrected chi connectivity index (χ2v) is 4.81. The largest absolute Gasteiger partial charge is 0.495 e. The second kappa shape index (κ2) is 6.70. The number of hydrogen-bond acceptors (Lipinski definition) is 4. The van der Waals surface area contributed by atoms with Crippen LogP contribution >= 0.6 is 0 Å². The van der Waals surface area contributed by atoms with Crippen LogP contribution in [0.15, 0.2) is 60.8 Å². The number of carbonyl (C=O) groups excluding carboxylic acids is 1. The van der Waals surface area contributed by atoms with Crippen LogP contribution in [0, 0.1) is 0 Å². The van der Waals surface area contributed by atoms with E-state index in [1.165, 1.54) is 6.08 Å². The van der Waals surface area contributed by atoms with Gasteiger partial charge in [0.1, 0.15) is 5.75 Å². The van der Waals surface area contributed by atoms with Gasteiger partial charge in [0.25, 0.3) is 0 Å². The summed E-state index contributed by atoms with van der Waals surface area (Å²) < 4.78 is 5.20. The highest BCUT2D eigenvalue weighted by Crippen LogP contribution is 2.22. The molecule has 0 aliphatic carbocycles. The number of benzene rings is 2. The zero-order valence-corrected chi connectivity index (χ0v) is 12.6. The molecule has 5 nitrogen and oxygen atoms in total. The number of nitrogens with zero attached hydrogens (tertiary/aromatic N) is 2. The van der Waals surface area contributed by atoms with Crippen molar-refractivity contribution in [1.82, 2.24) is 9.97 Å². The van der Waals surface area contributed by atoms with Crippen molar-refractivity contribution in [3.8, 4) is 5.75 Å². The lowest BCUT2D eigenvalue weighted by Crippen LogP contribution is -2.08. The molecule has 3 aromatic rings. The molecule has 5 heteroatoms. The molecule has 0 aliphatic rings. The van der Waals surface area contributed by atoms with Gasteiger partial charge >= 0.3 is 0 Å². The number of nitrogens with one attached hydrogen (secondary N) is 1. The van der Waals surface area contributed by atoms with Gasteiger partial charge in [-0.05, 0) is 30.3 Å². The molecule has 114 valence electrons. The maximum atomic E-state index is 12.0. The number of ether oxygens (including phenoxy) is 1. The van der Waals surface area contributed by atoms with Crippen LogP contribution < -0.4 is 10.1 Å². The Balaban J connectivity index is 1.74. The summed E-state index contributed by atoms with van der Waals surface area (Å²) in [6.07, 6.45) is 4.69. The number of rotatable bonds is 4. The standard InChI is InChI=1S/C18H15N3O2/c1-23-17-9-5-4-8-16(17)21-18(22)11-10-13-12-19-14-6-2-3-7-15(14)20-13/h2-12H,1H3,(H,21,22). The molecule has 1 heterocycles. The monoisotopic (exact) mass is 305 g/mol. The first-order chi connectivity index (χ1) is 11.3. The lowest BCUT2D eigenvalue weighted by Gasteiger charge is -2.07. The zero-order chi connectivity index (χ0) is 16.1. The second-order valence-electron chi connectivity index (χ2n) is 4.81. The molecule has 1 N–H and O–H groups in total. The van der Waals surface area contributed by atoms with Gasteiger partial charge in [-0.3, -0.25) is 9.78 Å². The number of aromatic nitrogens is 2. The molecule has 3 rings (SSSR count). The van der Waals surface area contributed by atoms with E-state index >= 15 is 0 Å². The Morgan fingerprint density at radius 3 is 2.65 bits per heavy atom. The fourth-order valence-electron chi connectivity index (χ4n) is 2.14. The van der Waals surface area contributed by atoms with E-state index in [0.717, 1.165) is 11.0 Å². The zero-order valence-electron chi connectivity index (χ0n) is 12.6. The predicted molar refractivity (Wildman–Crippen MR) is 90.2 cm³/mol. The number of para-hydroxylation sites is 4. The van der Waals surface area contributed by atoms with Crippen molar-refractivity contribution in [2.45, 2.75) is 0 Å². The topological polar surface area (TPSA) is 64.1 Å². The summed E-state index contributed by atoms with van der Waals surface area (Å²) in [7, 11) is 1.56. The van der Waals surface area contributed by atoms with Gasteiger partial charge in [-0.15, -0.1) is 0 Å². The van der Waals surface area contributed by atoms with E-state index in [1.807, 2.05) is 36.4 Å². The minimum Gasteiger partial charge on any atom is -0.495 e. The van der Waals surface area contributed by atoms with Crippen LogP contribution in [-0.4, -0.2) is 23.0 Å². The normalized spacial score (nSPS) is 10.8. The fourth-order valence-corrected chi connectivity index (χ4v) is 2.14. The minimum atomic E-state index is -0.260. The molecule has 0 saturated carbocycles. The maximum absolute atomic E-state index is 12.0. The average Bonchev–Trinajstić information content (AvgIpc) is 2.60. The molecular weight excluding hydrogens is 290 g/mol. The summed E-state index contributed by atoms with van der Waals surface area (Å²) in [6, 6.07) is 14.8. The van der Waals surface area contributed by atoms with E-state index in [9.17, 15) is 4.79 Å². The third-order valence-electron chi connectivity index (χ3n) is 3.24. The van der Waals surface area contributed by atoms with Crippen molar-refractivity contribution in [2.24, 2.45) is 0 Å². The minimum absolute atomic E-state index is 0.260. The Morgan fingerprint density at radius 1 is 1.09 bits per heavy atom. The molecule has 0 saturated heterocycles. The van der Waals surface area contributed by atoms with Crippen molar-refractivity contribution in [3.63, 3.8) is 0 Å². The maximum Gasteiger partial charge on any atom is 0.248 e.